The fourth-order valence-electron chi connectivity index (χ4n) is 0.690. The van der Waals surface area contributed by atoms with Gasteiger partial charge in [-0.2, -0.15) is 0 Å². The van der Waals surface area contributed by atoms with Crippen molar-refractivity contribution >= 4 is 20.7 Å². The first-order valence-electron chi connectivity index (χ1n) is 2.98. The van der Waals surface area contributed by atoms with E-state index in [1.807, 2.05) is 31.2 Å². The molecule has 1 rings (SSSR count). The van der Waals surface area contributed by atoms with Gasteiger partial charge in [-0.15, -0.1) is 0 Å². The van der Waals surface area contributed by atoms with Gasteiger partial charge < -0.3 is 0 Å². The van der Waals surface area contributed by atoms with E-state index in [9.17, 15) is 4.79 Å². The van der Waals surface area contributed by atoms with Crippen molar-refractivity contribution in [2.75, 3.05) is 0 Å². The number of carbonyl (C=O) groups excluding carboxylic acids is 1. The Morgan fingerprint density at radius 3 is 2.09 bits per heavy atom. The molecule has 0 amide bonds. The van der Waals surface area contributed by atoms with Crippen molar-refractivity contribution in [3.8, 4) is 0 Å². The Labute approximate surface area is 89.9 Å². The van der Waals surface area contributed by atoms with Crippen LogP contribution in [-0.2, 0) is 22.4 Å². The molecule has 0 aliphatic heterocycles. The van der Waals surface area contributed by atoms with Crippen molar-refractivity contribution in [3.63, 3.8) is 0 Å². The van der Waals surface area contributed by atoms with Crippen LogP contribution in [0.4, 0.5) is 0 Å². The van der Waals surface area contributed by atoms with Crippen LogP contribution in [0.1, 0.15) is 15.9 Å². The molecule has 0 aliphatic carbocycles. The maximum atomic E-state index is 10.7. The molecule has 0 saturated heterocycles. The second-order valence-corrected chi connectivity index (χ2v) is 2.93. The van der Waals surface area contributed by atoms with Gasteiger partial charge in [0.05, 0.1) is 0 Å². The number of rotatable bonds is 1. The van der Waals surface area contributed by atoms with Gasteiger partial charge in [0.2, 0.25) is 0 Å². The van der Waals surface area contributed by atoms with E-state index in [0.29, 0.717) is 0 Å². The predicted octanol–water partition coefficient (Wildman–Crippen LogP) is 1.30. The smallest absolute Gasteiger partial charge is 0 e. The zero-order valence-electron chi connectivity index (χ0n) is 5.93. The van der Waals surface area contributed by atoms with Crippen LogP contribution in [0.3, 0.4) is 0 Å². The molecule has 1 nitrogen and oxygen atoms in total. The number of hydrogen-bond acceptors (Lipinski definition) is 1. The number of benzene rings is 1. The largest absolute Gasteiger partial charge is 0 e. The first kappa shape index (κ1) is 11.1. The molecular formula is C8H7AuOSe. The summed E-state index contributed by atoms with van der Waals surface area (Å²) in [4.78, 5) is 10.7. The third-order valence-corrected chi connectivity index (χ3v) is 1.78. The normalized spacial score (nSPS) is 8.45. The van der Waals surface area contributed by atoms with Crippen LogP contribution in [0.5, 0.6) is 0 Å². The second-order valence-electron chi connectivity index (χ2n) is 2.15. The molecule has 0 atom stereocenters. The summed E-state index contributed by atoms with van der Waals surface area (Å²) < 4.78 is 0.000000000000000444. The van der Waals surface area contributed by atoms with Crippen LogP contribution in [0, 0.1) is 6.92 Å². The maximum absolute atomic E-state index is 10.7. The summed E-state index contributed by atoms with van der Waals surface area (Å²) in [7, 11) is 0. The van der Waals surface area contributed by atoms with Crippen LogP contribution >= 0.6 is 0 Å². The van der Waals surface area contributed by atoms with Gasteiger partial charge in [-0.05, 0) is 0 Å². The molecule has 62 valence electrons. The Kier molecular flexibility index (Phi) is 4.98. The van der Waals surface area contributed by atoms with E-state index in [1.54, 1.807) is 0 Å². The van der Waals surface area contributed by atoms with Crippen molar-refractivity contribution in [1.29, 1.82) is 0 Å². The van der Waals surface area contributed by atoms with Crippen LogP contribution in [0.25, 0.3) is 0 Å². The average Bonchev–Trinajstić information content (AvgIpc) is 1.88. The van der Waals surface area contributed by atoms with E-state index in [1.165, 1.54) is 5.56 Å². The van der Waals surface area contributed by atoms with Gasteiger partial charge in [-0.25, -0.2) is 0 Å². The summed E-state index contributed by atoms with van der Waals surface area (Å²) in [6, 6.07) is 7.47. The molecule has 0 spiro atoms. The molecule has 0 unspecified atom stereocenters. The number of hydrogen-bond donors (Lipinski definition) is 0. The molecule has 1 aromatic carbocycles. The van der Waals surface area contributed by atoms with Crippen LogP contribution in [0.2, 0.25) is 0 Å². The molecule has 0 N–H and O–H groups in total. The predicted molar refractivity (Wildman–Crippen MR) is 41.3 cm³/mol. The van der Waals surface area contributed by atoms with Crippen molar-refractivity contribution in [2.24, 2.45) is 0 Å². The van der Waals surface area contributed by atoms with Gasteiger partial charge in [0.15, 0.2) is 0 Å². The van der Waals surface area contributed by atoms with E-state index in [0.717, 1.165) is 5.56 Å². The minimum atomic E-state index is 0. The summed E-state index contributed by atoms with van der Waals surface area (Å²) in [6.07, 6.45) is 0. The fraction of sp³-hybridized carbons (Fsp3) is 0.125. The van der Waals surface area contributed by atoms with Gasteiger partial charge in [-0.1, -0.05) is 0 Å². The summed E-state index contributed by atoms with van der Waals surface area (Å²) in [5.74, 6) is 0. The quantitative estimate of drug-likeness (QED) is 0.656. The van der Waals surface area contributed by atoms with Gasteiger partial charge in [0.1, 0.15) is 0 Å². The fourth-order valence-corrected chi connectivity index (χ4v) is 0.975. The van der Waals surface area contributed by atoms with Crippen LogP contribution in [-0.4, -0.2) is 20.7 Å². The summed E-state index contributed by atoms with van der Waals surface area (Å²) in [5.41, 5.74) is 1.90. The average molecular weight is 395 g/mol. The van der Waals surface area contributed by atoms with Gasteiger partial charge in [0, 0.05) is 22.4 Å². The Morgan fingerprint density at radius 2 is 1.73 bits per heavy atom. The molecule has 0 aliphatic rings. The Balaban J connectivity index is 0.000001000. The van der Waals surface area contributed by atoms with Crippen molar-refractivity contribution in [2.45, 2.75) is 6.92 Å². The van der Waals surface area contributed by atoms with E-state index >= 15 is 0 Å². The second kappa shape index (κ2) is 4.91. The first-order chi connectivity index (χ1) is 4.70. The van der Waals surface area contributed by atoms with E-state index < -0.39 is 0 Å². The topological polar surface area (TPSA) is 17.1 Å². The van der Waals surface area contributed by atoms with Gasteiger partial charge in [-0.3, -0.25) is 0 Å². The van der Waals surface area contributed by atoms with E-state index in [-0.39, 0.29) is 27.1 Å². The van der Waals surface area contributed by atoms with Crippen molar-refractivity contribution < 1.29 is 27.2 Å². The molecule has 0 saturated carbocycles. The number of aryl methyl sites for hydroxylation is 1. The molecule has 1 aromatic rings. The van der Waals surface area contributed by atoms with Crippen molar-refractivity contribution in [3.05, 3.63) is 35.4 Å². The SMILES string of the molecule is Cc1ccc(C(=O)[Se])cc1.[Au]. The van der Waals surface area contributed by atoms with E-state index in [4.69, 9.17) is 0 Å². The Morgan fingerprint density at radius 1 is 1.27 bits per heavy atom. The molecule has 2 radical (unpaired) electrons. The zero-order valence-corrected chi connectivity index (χ0v) is 9.81. The molecule has 0 bridgehead atoms. The molecule has 0 fully saturated rings. The van der Waals surface area contributed by atoms with Crippen molar-refractivity contribution in [1.82, 2.24) is 0 Å². The minimum Gasteiger partial charge on any atom is 0 e. The maximum Gasteiger partial charge on any atom is 0 e. The third kappa shape index (κ3) is 3.37. The van der Waals surface area contributed by atoms with Crippen LogP contribution in [0.15, 0.2) is 24.3 Å². The van der Waals surface area contributed by atoms with Crippen LogP contribution < -0.4 is 0 Å². The summed E-state index contributed by atoms with van der Waals surface area (Å²) >= 11 is 2.44. The summed E-state index contributed by atoms with van der Waals surface area (Å²) in [5, 5.41) is 0. The molecule has 0 heterocycles. The Hall–Kier alpha value is 0.150. The molecular weight excluding hydrogens is 388 g/mol. The van der Waals surface area contributed by atoms with Gasteiger partial charge >= 0.3 is 67.8 Å². The first-order valence-corrected chi connectivity index (χ1v) is 3.84. The third-order valence-electron chi connectivity index (χ3n) is 1.29. The molecule has 11 heavy (non-hydrogen) atoms. The summed E-state index contributed by atoms with van der Waals surface area (Å²) in [6.45, 7) is 1.99. The molecule has 3 heteroatoms. The number of carbonyl (C=O) groups is 1. The zero-order chi connectivity index (χ0) is 7.56. The Bertz CT molecular complexity index is 243. The van der Waals surface area contributed by atoms with Gasteiger partial charge in [0.25, 0.3) is 0 Å². The molecule has 0 aromatic heterocycles. The minimum absolute atomic E-state index is 0. The monoisotopic (exact) mass is 396 g/mol. The van der Waals surface area contributed by atoms with E-state index in [2.05, 4.69) is 16.0 Å². The standard InChI is InChI=1S/C8H7OSe.Au/c1-6-2-4-7(5-3-6)8(9)10;/h2-5H,1H3;.